The Balaban J connectivity index is 3.27. The van der Waals surface area contributed by atoms with Crippen molar-refractivity contribution in [2.24, 2.45) is 0 Å². The van der Waals surface area contributed by atoms with Gasteiger partial charge in [-0.25, -0.2) is 9.59 Å². The molecule has 0 radical (unpaired) electrons. The van der Waals surface area contributed by atoms with Gasteiger partial charge < -0.3 is 20.1 Å². The van der Waals surface area contributed by atoms with E-state index in [-0.39, 0.29) is 0 Å². The molecule has 0 atom stereocenters. The van der Waals surface area contributed by atoms with Gasteiger partial charge in [0.25, 0.3) is 0 Å². The number of rotatable bonds is 4. The molecular weight excluding hydrogens is 346 g/mol. The number of amides is 2. The Kier molecular flexibility index (Phi) is 7.25. The number of ether oxygens (including phenoxy) is 2. The minimum Gasteiger partial charge on any atom is -0.443 e. The zero-order valence-electron chi connectivity index (χ0n) is 17.8. The second kappa shape index (κ2) is 8.61. The van der Waals surface area contributed by atoms with Crippen LogP contribution in [-0.2, 0) is 15.9 Å². The molecule has 7 heteroatoms. The average molecular weight is 380 g/mol. The molecule has 1 rings (SSSR count). The number of anilines is 2. The maximum atomic E-state index is 12.7. The van der Waals surface area contributed by atoms with Crippen LogP contribution in [-0.4, -0.2) is 48.9 Å². The van der Waals surface area contributed by atoms with Crippen molar-refractivity contribution in [3.8, 4) is 0 Å². The minimum absolute atomic E-state index is 0.362. The number of nitrogens with zero attached hydrogens (tertiary/aromatic N) is 2. The Hall–Kier alpha value is -2.28. The van der Waals surface area contributed by atoms with Crippen molar-refractivity contribution in [2.75, 3.05) is 31.3 Å². The summed E-state index contributed by atoms with van der Waals surface area (Å²) in [6, 6.07) is 5.02. The van der Waals surface area contributed by atoms with Crippen molar-refractivity contribution in [1.82, 2.24) is 4.90 Å². The molecule has 0 bridgehead atoms. The summed E-state index contributed by atoms with van der Waals surface area (Å²) in [7, 11) is 3.93. The second-order valence-corrected chi connectivity index (χ2v) is 8.73. The molecule has 0 saturated heterocycles. The lowest BCUT2D eigenvalue weighted by atomic mass is 10.1. The van der Waals surface area contributed by atoms with Gasteiger partial charge in [-0.05, 0) is 85.8 Å². The highest BCUT2D eigenvalue weighted by Gasteiger charge is 2.32. The van der Waals surface area contributed by atoms with Crippen molar-refractivity contribution in [1.29, 1.82) is 0 Å². The van der Waals surface area contributed by atoms with E-state index >= 15 is 0 Å². The van der Waals surface area contributed by atoms with Gasteiger partial charge in [-0.3, -0.25) is 0 Å². The minimum atomic E-state index is -0.792. The van der Waals surface area contributed by atoms with E-state index in [4.69, 9.17) is 15.2 Å². The van der Waals surface area contributed by atoms with Crippen LogP contribution in [0.5, 0.6) is 0 Å². The summed E-state index contributed by atoms with van der Waals surface area (Å²) in [5.41, 5.74) is 6.37. The molecule has 0 aliphatic heterocycles. The Morgan fingerprint density at radius 3 is 1.85 bits per heavy atom. The molecule has 0 fully saturated rings. The predicted molar refractivity (Wildman–Crippen MR) is 108 cm³/mol. The van der Waals surface area contributed by atoms with Gasteiger partial charge in [-0.15, -0.1) is 0 Å². The molecule has 0 aromatic heterocycles. The van der Waals surface area contributed by atoms with Gasteiger partial charge in [-0.2, -0.15) is 4.90 Å². The highest BCUT2D eigenvalue weighted by molar-refractivity contribution is 6.09. The molecule has 0 unspecified atom stereocenters. The van der Waals surface area contributed by atoms with Crippen LogP contribution in [0.4, 0.5) is 21.0 Å². The van der Waals surface area contributed by atoms with E-state index in [1.54, 1.807) is 59.7 Å². The van der Waals surface area contributed by atoms with Crippen LogP contribution in [0.2, 0.25) is 0 Å². The normalized spacial score (nSPS) is 12.0. The fourth-order valence-electron chi connectivity index (χ4n) is 2.19. The van der Waals surface area contributed by atoms with Crippen molar-refractivity contribution >= 4 is 23.6 Å². The molecule has 27 heavy (non-hydrogen) atoms. The van der Waals surface area contributed by atoms with Crippen molar-refractivity contribution in [3.63, 3.8) is 0 Å². The van der Waals surface area contributed by atoms with Gasteiger partial charge >= 0.3 is 12.2 Å². The van der Waals surface area contributed by atoms with Gasteiger partial charge in [0.15, 0.2) is 0 Å². The zero-order chi connectivity index (χ0) is 21.0. The van der Waals surface area contributed by atoms with E-state index in [2.05, 4.69) is 0 Å². The van der Waals surface area contributed by atoms with Crippen LogP contribution >= 0.6 is 0 Å². The van der Waals surface area contributed by atoms with Crippen molar-refractivity contribution < 1.29 is 19.1 Å². The third-order valence-electron chi connectivity index (χ3n) is 3.37. The lowest BCUT2D eigenvalue weighted by molar-refractivity contribution is 0.0431. The molecule has 0 saturated carbocycles. The number of imide groups is 1. The van der Waals surface area contributed by atoms with E-state index in [1.807, 2.05) is 19.0 Å². The van der Waals surface area contributed by atoms with Crippen molar-refractivity contribution in [2.45, 2.75) is 59.2 Å². The van der Waals surface area contributed by atoms with Gasteiger partial charge in [0.05, 0.1) is 5.69 Å². The third-order valence-corrected chi connectivity index (χ3v) is 3.37. The lowest BCUT2D eigenvalue weighted by Gasteiger charge is -2.29. The molecule has 0 spiro atoms. The Morgan fingerprint density at radius 1 is 0.963 bits per heavy atom. The molecule has 2 N–H and O–H groups in total. The van der Waals surface area contributed by atoms with Crippen LogP contribution < -0.4 is 10.6 Å². The quantitative estimate of drug-likeness (QED) is 0.795. The number of hydrogen-bond acceptors (Lipinski definition) is 6. The maximum Gasteiger partial charge on any atom is 0.424 e. The monoisotopic (exact) mass is 379 g/mol. The average Bonchev–Trinajstić information content (AvgIpc) is 2.43. The van der Waals surface area contributed by atoms with E-state index in [1.165, 1.54) is 0 Å². The van der Waals surface area contributed by atoms with Crippen LogP contribution in [0.1, 0.15) is 47.1 Å². The molecular formula is C20H33N3O4. The summed E-state index contributed by atoms with van der Waals surface area (Å²) in [5, 5.41) is 0. The summed E-state index contributed by atoms with van der Waals surface area (Å²) in [4.78, 5) is 28.4. The highest BCUT2D eigenvalue weighted by atomic mass is 16.6. The number of hydrogen-bond donors (Lipinski definition) is 1. The standard InChI is InChI=1S/C20H33N3O4/c1-19(2,3)26-17(24)23(18(25)27-20(4,5)6)15-9-10-16(21)14(13-15)11-12-22(7)8/h9-10,13H,11-12,21H2,1-8H3. The Morgan fingerprint density at radius 2 is 1.44 bits per heavy atom. The van der Waals surface area contributed by atoms with Gasteiger partial charge in [0, 0.05) is 12.2 Å². The van der Waals surface area contributed by atoms with Crippen LogP contribution in [0.15, 0.2) is 18.2 Å². The summed E-state index contributed by atoms with van der Waals surface area (Å²) in [6.45, 7) is 11.2. The number of nitrogens with two attached hydrogens (primary N) is 1. The molecule has 1 aromatic rings. The van der Waals surface area contributed by atoms with Crippen LogP contribution in [0.25, 0.3) is 0 Å². The largest absolute Gasteiger partial charge is 0.443 e. The number of benzene rings is 1. The van der Waals surface area contributed by atoms with Crippen LogP contribution in [0.3, 0.4) is 0 Å². The van der Waals surface area contributed by atoms with E-state index in [0.717, 1.165) is 17.0 Å². The second-order valence-electron chi connectivity index (χ2n) is 8.73. The summed E-state index contributed by atoms with van der Waals surface area (Å²) >= 11 is 0. The highest BCUT2D eigenvalue weighted by Crippen LogP contribution is 2.26. The van der Waals surface area contributed by atoms with Crippen LogP contribution in [0, 0.1) is 0 Å². The molecule has 7 nitrogen and oxygen atoms in total. The number of nitrogen functional groups attached to an aromatic ring is 1. The zero-order valence-corrected chi connectivity index (χ0v) is 17.8. The number of carbonyl (C=O) groups is 2. The molecule has 0 aliphatic rings. The summed E-state index contributed by atoms with van der Waals surface area (Å²) in [5.74, 6) is 0. The van der Waals surface area contributed by atoms with Gasteiger partial charge in [0.1, 0.15) is 11.2 Å². The molecule has 2 amide bonds. The van der Waals surface area contributed by atoms with Crippen molar-refractivity contribution in [3.05, 3.63) is 23.8 Å². The smallest absolute Gasteiger partial charge is 0.424 e. The fraction of sp³-hybridized carbons (Fsp3) is 0.600. The molecule has 1 aromatic carbocycles. The summed E-state index contributed by atoms with van der Waals surface area (Å²) in [6.07, 6.45) is -0.900. The lowest BCUT2D eigenvalue weighted by Crippen LogP contribution is -2.43. The van der Waals surface area contributed by atoms with E-state index < -0.39 is 23.4 Å². The molecule has 0 aliphatic carbocycles. The first-order chi connectivity index (χ1) is 12.2. The fourth-order valence-corrected chi connectivity index (χ4v) is 2.19. The van der Waals surface area contributed by atoms with E-state index in [0.29, 0.717) is 17.8 Å². The third kappa shape index (κ3) is 7.86. The first-order valence-corrected chi connectivity index (χ1v) is 8.99. The summed E-state index contributed by atoms with van der Waals surface area (Å²) < 4.78 is 10.8. The Bertz CT molecular complexity index is 645. The van der Waals surface area contributed by atoms with Gasteiger partial charge in [0.2, 0.25) is 0 Å². The Labute approximate surface area is 162 Å². The molecule has 152 valence electrons. The number of likely N-dealkylation sites (N-methyl/N-ethyl adjacent to an activating group) is 1. The predicted octanol–water partition coefficient (Wildman–Crippen LogP) is 4.05. The number of carbonyl (C=O) groups excluding carboxylic acids is 2. The van der Waals surface area contributed by atoms with E-state index in [9.17, 15) is 9.59 Å². The first kappa shape index (κ1) is 22.8. The topological polar surface area (TPSA) is 85.1 Å². The first-order valence-electron chi connectivity index (χ1n) is 8.99. The molecule has 0 heterocycles. The van der Waals surface area contributed by atoms with Gasteiger partial charge in [-0.1, -0.05) is 0 Å². The maximum absolute atomic E-state index is 12.7. The SMILES string of the molecule is CN(C)CCc1cc(N(C(=O)OC(C)(C)C)C(=O)OC(C)(C)C)ccc1N.